The minimum absolute atomic E-state index is 0.177. The van der Waals surface area contributed by atoms with E-state index in [1.165, 1.54) is 0 Å². The molecule has 8 heteroatoms. The Morgan fingerprint density at radius 1 is 1.43 bits per heavy atom. The largest absolute Gasteiger partial charge is 0.445 e. The first-order chi connectivity index (χ1) is 9.56. The van der Waals surface area contributed by atoms with Gasteiger partial charge in [0.2, 0.25) is 15.9 Å². The van der Waals surface area contributed by atoms with Crippen LogP contribution >= 0.6 is 0 Å². The van der Waals surface area contributed by atoms with E-state index in [1.807, 2.05) is 20.8 Å². The molecular formula is C13H21N3O4S. The lowest BCUT2D eigenvalue weighted by Gasteiger charge is -2.25. The molecule has 1 N–H and O–H groups in total. The Morgan fingerprint density at radius 3 is 2.67 bits per heavy atom. The summed E-state index contributed by atoms with van der Waals surface area (Å²) in [6.45, 7) is 6.70. The van der Waals surface area contributed by atoms with E-state index in [4.69, 9.17) is 4.42 Å². The molecule has 118 valence electrons. The molecule has 7 nitrogen and oxygen atoms in total. The van der Waals surface area contributed by atoms with Crippen LogP contribution in [0.2, 0.25) is 0 Å². The van der Waals surface area contributed by atoms with E-state index in [0.717, 1.165) is 17.7 Å². The number of aromatic nitrogens is 1. The van der Waals surface area contributed by atoms with Crippen LogP contribution < -0.4 is 4.72 Å². The first kappa shape index (κ1) is 16.0. The average Bonchev–Trinajstić information content (AvgIpc) is 2.77. The van der Waals surface area contributed by atoms with E-state index in [9.17, 15) is 13.2 Å². The minimum atomic E-state index is -3.37. The van der Waals surface area contributed by atoms with E-state index in [-0.39, 0.29) is 17.9 Å². The van der Waals surface area contributed by atoms with Crippen LogP contribution in [0.25, 0.3) is 0 Å². The van der Waals surface area contributed by atoms with Crippen LogP contribution in [0.15, 0.2) is 4.42 Å². The van der Waals surface area contributed by atoms with Gasteiger partial charge in [0, 0.05) is 18.4 Å². The third kappa shape index (κ3) is 4.04. The quantitative estimate of drug-likeness (QED) is 0.872. The van der Waals surface area contributed by atoms with Gasteiger partial charge in [0.25, 0.3) is 0 Å². The molecular weight excluding hydrogens is 294 g/mol. The Morgan fingerprint density at radius 2 is 2.10 bits per heavy atom. The summed E-state index contributed by atoms with van der Waals surface area (Å²) < 4.78 is 30.0. The predicted octanol–water partition coefficient (Wildman–Crippen LogP) is 0.406. The number of nitrogens with one attached hydrogen (secondary N) is 1. The molecule has 1 aliphatic rings. The fraction of sp³-hybridized carbons (Fsp3) is 0.692. The maximum atomic E-state index is 12.0. The van der Waals surface area contributed by atoms with Gasteiger partial charge in [-0.25, -0.2) is 18.1 Å². The van der Waals surface area contributed by atoms with E-state index in [0.29, 0.717) is 25.4 Å². The van der Waals surface area contributed by atoms with Gasteiger partial charge in [-0.15, -0.1) is 0 Å². The molecule has 2 rings (SSSR count). The molecule has 1 aromatic rings. The molecule has 0 fully saturated rings. The van der Waals surface area contributed by atoms with Gasteiger partial charge in [0.15, 0.2) is 5.89 Å². The molecule has 0 saturated heterocycles. The van der Waals surface area contributed by atoms with Crippen molar-refractivity contribution in [3.63, 3.8) is 0 Å². The van der Waals surface area contributed by atoms with Crippen LogP contribution in [0.5, 0.6) is 0 Å². The van der Waals surface area contributed by atoms with Crippen LogP contribution in [0.1, 0.15) is 38.1 Å². The van der Waals surface area contributed by atoms with Crippen LogP contribution in [0.3, 0.4) is 0 Å². The lowest BCUT2D eigenvalue weighted by molar-refractivity contribution is -0.130. The fourth-order valence-electron chi connectivity index (χ4n) is 2.04. The molecule has 0 radical (unpaired) electrons. The monoisotopic (exact) mass is 315 g/mol. The average molecular weight is 315 g/mol. The van der Waals surface area contributed by atoms with Gasteiger partial charge in [0.05, 0.1) is 19.3 Å². The van der Waals surface area contributed by atoms with Crippen molar-refractivity contribution in [3.05, 3.63) is 17.3 Å². The summed E-state index contributed by atoms with van der Waals surface area (Å²) in [6, 6.07) is 0. The molecule has 0 aromatic carbocycles. The number of hydrogen-bond acceptors (Lipinski definition) is 5. The number of oxazole rings is 1. The van der Waals surface area contributed by atoms with Crippen LogP contribution in [0.4, 0.5) is 0 Å². The van der Waals surface area contributed by atoms with Crippen molar-refractivity contribution in [2.24, 2.45) is 0 Å². The Labute approximate surface area is 124 Å². The maximum Gasteiger partial charge on any atom is 0.237 e. The number of fused-ring (bicyclic) bond motifs is 1. The normalized spacial score (nSPS) is 15.9. The molecule has 0 atom stereocenters. The minimum Gasteiger partial charge on any atom is -0.445 e. The SMILES string of the molecule is CC(C)(C)c1nc2c(o1)CCN(C(=O)CNS(C)(=O)=O)C2. The number of carbonyl (C=O) groups is 1. The number of hydrogen-bond donors (Lipinski definition) is 1. The number of amides is 1. The molecule has 1 aromatic heterocycles. The van der Waals surface area contributed by atoms with Gasteiger partial charge >= 0.3 is 0 Å². The first-order valence-electron chi connectivity index (χ1n) is 6.78. The maximum absolute atomic E-state index is 12.0. The second-order valence-electron chi connectivity index (χ2n) is 6.30. The lowest BCUT2D eigenvalue weighted by atomic mass is 9.97. The number of nitrogens with zero attached hydrogens (tertiary/aromatic N) is 2. The van der Waals surface area contributed by atoms with Crippen LogP contribution in [-0.2, 0) is 33.2 Å². The second kappa shape index (κ2) is 5.42. The van der Waals surface area contributed by atoms with Gasteiger partial charge < -0.3 is 9.32 Å². The second-order valence-corrected chi connectivity index (χ2v) is 8.13. The van der Waals surface area contributed by atoms with Gasteiger partial charge in [-0.05, 0) is 0 Å². The Bertz CT molecular complexity index is 643. The highest BCUT2D eigenvalue weighted by Crippen LogP contribution is 2.27. The molecule has 0 unspecified atom stereocenters. The highest BCUT2D eigenvalue weighted by Gasteiger charge is 2.29. The molecule has 1 aliphatic heterocycles. The molecule has 0 spiro atoms. The topological polar surface area (TPSA) is 92.5 Å². The van der Waals surface area contributed by atoms with Crippen molar-refractivity contribution >= 4 is 15.9 Å². The smallest absolute Gasteiger partial charge is 0.237 e. The Balaban J connectivity index is 2.05. The lowest BCUT2D eigenvalue weighted by Crippen LogP contribution is -2.42. The molecule has 0 aliphatic carbocycles. The van der Waals surface area contributed by atoms with E-state index >= 15 is 0 Å². The molecule has 0 saturated carbocycles. The third-order valence-corrected chi connectivity index (χ3v) is 3.88. The Hall–Kier alpha value is -1.41. The predicted molar refractivity (Wildman–Crippen MR) is 77.2 cm³/mol. The first-order valence-corrected chi connectivity index (χ1v) is 8.67. The van der Waals surface area contributed by atoms with Crippen molar-refractivity contribution in [2.45, 2.75) is 39.2 Å². The van der Waals surface area contributed by atoms with Crippen molar-refractivity contribution in [1.82, 2.24) is 14.6 Å². The summed E-state index contributed by atoms with van der Waals surface area (Å²) in [7, 11) is -3.37. The van der Waals surface area contributed by atoms with Crippen molar-refractivity contribution < 1.29 is 17.6 Å². The van der Waals surface area contributed by atoms with Gasteiger partial charge in [0.1, 0.15) is 11.5 Å². The van der Waals surface area contributed by atoms with Crippen molar-refractivity contribution in [1.29, 1.82) is 0 Å². The highest BCUT2D eigenvalue weighted by molar-refractivity contribution is 7.88. The van der Waals surface area contributed by atoms with E-state index in [2.05, 4.69) is 9.71 Å². The summed E-state index contributed by atoms with van der Waals surface area (Å²) in [5.74, 6) is 1.22. The number of sulfonamides is 1. The summed E-state index contributed by atoms with van der Waals surface area (Å²) in [4.78, 5) is 18.1. The van der Waals surface area contributed by atoms with Crippen molar-refractivity contribution in [2.75, 3.05) is 19.3 Å². The summed E-state index contributed by atoms with van der Waals surface area (Å²) >= 11 is 0. The molecule has 2 heterocycles. The zero-order chi connectivity index (χ0) is 15.8. The molecule has 1 amide bonds. The Kier molecular flexibility index (Phi) is 4.12. The van der Waals surface area contributed by atoms with E-state index < -0.39 is 10.0 Å². The summed E-state index contributed by atoms with van der Waals surface area (Å²) in [5, 5.41) is 0. The number of carbonyl (C=O) groups excluding carboxylic acids is 1. The van der Waals surface area contributed by atoms with Gasteiger partial charge in [-0.1, -0.05) is 20.8 Å². The van der Waals surface area contributed by atoms with Gasteiger partial charge in [-0.3, -0.25) is 4.79 Å². The zero-order valence-corrected chi connectivity index (χ0v) is 13.6. The van der Waals surface area contributed by atoms with Gasteiger partial charge in [-0.2, -0.15) is 0 Å². The zero-order valence-electron chi connectivity index (χ0n) is 12.8. The van der Waals surface area contributed by atoms with Crippen LogP contribution in [-0.4, -0.2) is 43.6 Å². The van der Waals surface area contributed by atoms with Crippen molar-refractivity contribution in [3.8, 4) is 0 Å². The summed E-state index contributed by atoms with van der Waals surface area (Å²) in [5.41, 5.74) is 0.586. The van der Waals surface area contributed by atoms with E-state index in [1.54, 1.807) is 4.90 Å². The van der Waals surface area contributed by atoms with Crippen LogP contribution in [0, 0.1) is 0 Å². The standard InChI is InChI=1S/C13H21N3O4S/c1-13(2,3)12-15-9-8-16(6-5-10(9)20-12)11(17)7-14-21(4,18)19/h14H,5-8H2,1-4H3. The highest BCUT2D eigenvalue weighted by atomic mass is 32.2. The summed E-state index contributed by atoms with van der Waals surface area (Å²) in [6.07, 6.45) is 1.63. The molecule has 21 heavy (non-hydrogen) atoms. The fourth-order valence-corrected chi connectivity index (χ4v) is 2.42. The number of rotatable bonds is 3. The molecule has 0 bridgehead atoms. The third-order valence-electron chi connectivity index (χ3n) is 3.21.